The van der Waals surface area contributed by atoms with Crippen LogP contribution < -0.4 is 10.1 Å². The lowest BCUT2D eigenvalue weighted by Gasteiger charge is -2.32. The third kappa shape index (κ3) is 5.61. The van der Waals surface area contributed by atoms with Crippen molar-refractivity contribution < 1.29 is 14.3 Å². The van der Waals surface area contributed by atoms with Crippen molar-refractivity contribution in [1.82, 2.24) is 25.0 Å². The van der Waals surface area contributed by atoms with E-state index in [1.807, 2.05) is 29.2 Å². The lowest BCUT2D eigenvalue weighted by atomic mass is 9.93. The van der Waals surface area contributed by atoms with Crippen molar-refractivity contribution in [2.75, 3.05) is 66.5 Å². The molecule has 0 bridgehead atoms. The summed E-state index contributed by atoms with van der Waals surface area (Å²) in [4.78, 5) is 35.2. The second kappa shape index (κ2) is 10.4. The molecule has 8 heteroatoms. The molecule has 32 heavy (non-hydrogen) atoms. The molecule has 2 fully saturated rings. The largest absolute Gasteiger partial charge is 0.497 e. The van der Waals surface area contributed by atoms with E-state index in [0.717, 1.165) is 62.2 Å². The number of carbonyl (C=O) groups is 2. The summed E-state index contributed by atoms with van der Waals surface area (Å²) in [6.07, 6.45) is 2.29. The first-order valence-corrected chi connectivity index (χ1v) is 11.7. The highest BCUT2D eigenvalue weighted by Gasteiger charge is 2.26. The van der Waals surface area contributed by atoms with E-state index in [9.17, 15) is 9.59 Å². The van der Waals surface area contributed by atoms with Crippen molar-refractivity contribution in [2.45, 2.75) is 19.3 Å². The Kier molecular flexibility index (Phi) is 7.32. The van der Waals surface area contributed by atoms with E-state index < -0.39 is 0 Å². The van der Waals surface area contributed by atoms with Gasteiger partial charge >= 0.3 is 0 Å². The summed E-state index contributed by atoms with van der Waals surface area (Å²) in [5, 5.41) is 4.08. The number of rotatable bonds is 7. The highest BCUT2D eigenvalue weighted by molar-refractivity contribution is 5.98. The van der Waals surface area contributed by atoms with Crippen molar-refractivity contribution in [1.29, 1.82) is 0 Å². The van der Waals surface area contributed by atoms with Crippen LogP contribution in [-0.2, 0) is 4.79 Å². The molecular weight excluding hydrogens is 406 g/mol. The Morgan fingerprint density at radius 3 is 2.56 bits per heavy atom. The van der Waals surface area contributed by atoms with Gasteiger partial charge in [-0.3, -0.25) is 14.5 Å². The monoisotopic (exact) mass is 441 g/mol. The van der Waals surface area contributed by atoms with Crippen LogP contribution in [0.25, 0.3) is 10.9 Å². The van der Waals surface area contributed by atoms with Gasteiger partial charge in [0.25, 0.3) is 5.91 Å². The Morgan fingerprint density at radius 1 is 1.09 bits per heavy atom. The van der Waals surface area contributed by atoms with Crippen LogP contribution in [0.2, 0.25) is 0 Å². The van der Waals surface area contributed by atoms with E-state index in [2.05, 4.69) is 27.1 Å². The Labute approximate surface area is 189 Å². The maximum Gasteiger partial charge on any atom is 0.270 e. The first-order chi connectivity index (χ1) is 15.5. The number of hydrogen-bond donors (Lipinski definition) is 2. The van der Waals surface area contributed by atoms with Crippen LogP contribution in [0, 0.1) is 5.92 Å². The smallest absolute Gasteiger partial charge is 0.270 e. The molecule has 2 amide bonds. The maximum absolute atomic E-state index is 12.9. The summed E-state index contributed by atoms with van der Waals surface area (Å²) in [6, 6.07) is 7.65. The average Bonchev–Trinajstić information content (AvgIpc) is 3.23. The number of nitrogens with one attached hydrogen (secondary N) is 2. The lowest BCUT2D eigenvalue weighted by molar-refractivity contribution is -0.122. The molecule has 1 aromatic heterocycles. The number of piperidine rings is 1. The lowest BCUT2D eigenvalue weighted by Crippen LogP contribution is -2.47. The molecule has 3 heterocycles. The fourth-order valence-corrected chi connectivity index (χ4v) is 4.62. The zero-order valence-electron chi connectivity index (χ0n) is 19.2. The number of ether oxygens (including phenoxy) is 1. The first-order valence-electron chi connectivity index (χ1n) is 11.7. The zero-order valence-corrected chi connectivity index (χ0v) is 19.2. The number of nitrogens with zero attached hydrogens (tertiary/aromatic N) is 3. The number of likely N-dealkylation sites (N-methyl/N-ethyl adjacent to an activating group) is 1. The summed E-state index contributed by atoms with van der Waals surface area (Å²) in [5.74, 6) is 1.26. The third-order valence-electron chi connectivity index (χ3n) is 6.78. The quantitative estimate of drug-likeness (QED) is 0.685. The van der Waals surface area contributed by atoms with Crippen LogP contribution in [-0.4, -0.2) is 98.0 Å². The SMILES string of the molecule is COc1ccc2cc(C(=O)N3CCC(CC(=O)NCCN4CCN(C)CC4)CC3)[nH]c2c1. The fraction of sp³-hybridized carbons (Fsp3) is 0.583. The molecule has 0 saturated carbocycles. The predicted molar refractivity (Wildman–Crippen MR) is 125 cm³/mol. The molecule has 0 aliphatic carbocycles. The van der Waals surface area contributed by atoms with Gasteiger partial charge in [0.1, 0.15) is 11.4 Å². The number of H-pyrrole nitrogens is 1. The topological polar surface area (TPSA) is 80.9 Å². The molecule has 2 aliphatic rings. The Morgan fingerprint density at radius 2 is 1.84 bits per heavy atom. The summed E-state index contributed by atoms with van der Waals surface area (Å²) in [6.45, 7) is 7.35. The number of piperazine rings is 1. The van der Waals surface area contributed by atoms with Gasteiger partial charge in [-0.1, -0.05) is 0 Å². The molecule has 1 aromatic carbocycles. The van der Waals surface area contributed by atoms with Crippen LogP contribution in [0.4, 0.5) is 0 Å². The number of aromatic amines is 1. The normalized spacial score (nSPS) is 18.8. The molecule has 0 radical (unpaired) electrons. The van der Waals surface area contributed by atoms with Crippen LogP contribution in [0.3, 0.4) is 0 Å². The Hall–Kier alpha value is -2.58. The maximum atomic E-state index is 12.9. The predicted octanol–water partition coefficient (Wildman–Crippen LogP) is 1.78. The third-order valence-corrected chi connectivity index (χ3v) is 6.78. The van der Waals surface area contributed by atoms with E-state index in [1.165, 1.54) is 0 Å². The summed E-state index contributed by atoms with van der Waals surface area (Å²) >= 11 is 0. The number of hydrogen-bond acceptors (Lipinski definition) is 5. The van der Waals surface area contributed by atoms with Crippen molar-refractivity contribution in [3.05, 3.63) is 30.0 Å². The second-order valence-corrected chi connectivity index (χ2v) is 9.07. The van der Waals surface area contributed by atoms with Gasteiger partial charge in [0.15, 0.2) is 0 Å². The van der Waals surface area contributed by atoms with E-state index in [1.54, 1.807) is 7.11 Å². The van der Waals surface area contributed by atoms with Gasteiger partial charge in [0.2, 0.25) is 5.91 Å². The first kappa shape index (κ1) is 22.6. The molecule has 0 unspecified atom stereocenters. The number of methoxy groups -OCH3 is 1. The molecule has 4 rings (SSSR count). The fourth-order valence-electron chi connectivity index (χ4n) is 4.62. The van der Waals surface area contributed by atoms with Gasteiger partial charge in [-0.05, 0) is 44.0 Å². The number of aromatic nitrogens is 1. The Balaban J connectivity index is 1.19. The zero-order chi connectivity index (χ0) is 22.5. The van der Waals surface area contributed by atoms with Crippen LogP contribution in [0.5, 0.6) is 5.75 Å². The van der Waals surface area contributed by atoms with E-state index in [4.69, 9.17) is 4.74 Å². The highest BCUT2D eigenvalue weighted by atomic mass is 16.5. The molecule has 8 nitrogen and oxygen atoms in total. The summed E-state index contributed by atoms with van der Waals surface area (Å²) in [7, 11) is 3.78. The van der Waals surface area contributed by atoms with Crippen LogP contribution >= 0.6 is 0 Å². The number of carbonyl (C=O) groups excluding carboxylic acids is 2. The van der Waals surface area contributed by atoms with Crippen molar-refractivity contribution in [2.24, 2.45) is 5.92 Å². The van der Waals surface area contributed by atoms with Gasteiger partial charge in [0, 0.05) is 75.7 Å². The van der Waals surface area contributed by atoms with Gasteiger partial charge in [0.05, 0.1) is 7.11 Å². The second-order valence-electron chi connectivity index (χ2n) is 9.07. The molecule has 2 saturated heterocycles. The minimum absolute atomic E-state index is 0.0234. The van der Waals surface area contributed by atoms with Crippen molar-refractivity contribution >= 4 is 22.7 Å². The highest BCUT2D eigenvalue weighted by Crippen LogP contribution is 2.25. The molecule has 0 spiro atoms. The number of likely N-dealkylation sites (tertiary alicyclic amines) is 1. The van der Waals surface area contributed by atoms with Crippen molar-refractivity contribution in [3.63, 3.8) is 0 Å². The van der Waals surface area contributed by atoms with Crippen molar-refractivity contribution in [3.8, 4) is 5.75 Å². The summed E-state index contributed by atoms with van der Waals surface area (Å²) < 4.78 is 5.26. The van der Waals surface area contributed by atoms with E-state index >= 15 is 0 Å². The standard InChI is InChI=1S/C24H35N5O3/c1-27-11-13-28(14-12-27)10-7-25-23(30)15-18-5-8-29(9-6-18)24(31)22-16-19-3-4-20(32-2)17-21(19)26-22/h3-4,16-18,26H,5-15H2,1-2H3,(H,25,30). The van der Waals surface area contributed by atoms with E-state index in [-0.39, 0.29) is 11.8 Å². The minimum atomic E-state index is 0.0234. The van der Waals surface area contributed by atoms with Gasteiger partial charge in [-0.2, -0.15) is 0 Å². The van der Waals surface area contributed by atoms with Crippen LogP contribution in [0.15, 0.2) is 24.3 Å². The summed E-state index contributed by atoms with van der Waals surface area (Å²) in [5.41, 5.74) is 1.50. The molecule has 2 aromatic rings. The number of fused-ring (bicyclic) bond motifs is 1. The molecular formula is C24H35N5O3. The minimum Gasteiger partial charge on any atom is -0.497 e. The molecule has 0 atom stereocenters. The van der Waals surface area contributed by atoms with Gasteiger partial charge < -0.3 is 24.8 Å². The van der Waals surface area contributed by atoms with Crippen LogP contribution in [0.1, 0.15) is 29.8 Å². The molecule has 174 valence electrons. The molecule has 2 aliphatic heterocycles. The molecule has 2 N–H and O–H groups in total. The number of benzene rings is 1. The average molecular weight is 442 g/mol. The number of amides is 2. The Bertz CT molecular complexity index is 927. The van der Waals surface area contributed by atoms with E-state index in [0.29, 0.717) is 37.7 Å². The van der Waals surface area contributed by atoms with Gasteiger partial charge in [-0.25, -0.2) is 0 Å². The van der Waals surface area contributed by atoms with Gasteiger partial charge in [-0.15, -0.1) is 0 Å².